The number of amidine groups is 1. The lowest BCUT2D eigenvalue weighted by atomic mass is 9.95. The molecule has 20 heteroatoms. The summed E-state index contributed by atoms with van der Waals surface area (Å²) >= 11 is 6.42. The molecule has 2 aromatic heterocycles. The van der Waals surface area contributed by atoms with Crippen LogP contribution in [0.15, 0.2) is 70.3 Å². The van der Waals surface area contributed by atoms with Crippen LogP contribution in [0, 0.1) is 5.82 Å². The molecule has 3 aromatic rings. The number of nitrogens with one attached hydrogen (secondary N) is 4. The molecule has 0 radical (unpaired) electrons. The van der Waals surface area contributed by atoms with Crippen molar-refractivity contribution in [1.29, 1.82) is 0 Å². The quantitative estimate of drug-likeness (QED) is 0.0289. The highest BCUT2D eigenvalue weighted by Gasteiger charge is 2.40. The number of amides is 1. The first-order valence-electron chi connectivity index (χ1n) is 16.8. The van der Waals surface area contributed by atoms with E-state index in [9.17, 15) is 14.0 Å². The number of carbonyl (C=O) groups is 2. The van der Waals surface area contributed by atoms with Crippen molar-refractivity contribution in [1.82, 2.24) is 41.5 Å². The highest BCUT2D eigenvalue weighted by molar-refractivity contribution is 6.31. The summed E-state index contributed by atoms with van der Waals surface area (Å²) in [5.74, 6) is -0.837. The molecule has 0 bridgehead atoms. The Morgan fingerprint density at radius 2 is 1.89 bits per heavy atom. The molecule has 1 aromatic carbocycles. The second-order valence-electron chi connectivity index (χ2n) is 11.9. The van der Waals surface area contributed by atoms with Crippen LogP contribution < -0.4 is 21.5 Å². The summed E-state index contributed by atoms with van der Waals surface area (Å²) in [5.41, 5.74) is 16.4. The fraction of sp³-hybridized carbons (Fsp3) is 0.455. The van der Waals surface area contributed by atoms with Gasteiger partial charge in [0.1, 0.15) is 23.4 Å². The number of carbonyl (C=O) groups excluding carboxylic acids is 2. The van der Waals surface area contributed by atoms with E-state index in [4.69, 9.17) is 41.1 Å². The Labute approximate surface area is 309 Å². The van der Waals surface area contributed by atoms with E-state index in [0.29, 0.717) is 80.7 Å². The number of nitrogens with zero attached hydrogens (tertiary/aromatic N) is 8. The van der Waals surface area contributed by atoms with Gasteiger partial charge in [0.05, 0.1) is 76.4 Å². The van der Waals surface area contributed by atoms with Gasteiger partial charge in [-0.25, -0.2) is 24.7 Å². The van der Waals surface area contributed by atoms with E-state index in [1.54, 1.807) is 35.4 Å². The van der Waals surface area contributed by atoms with E-state index in [1.165, 1.54) is 25.3 Å². The van der Waals surface area contributed by atoms with Gasteiger partial charge in [-0.15, -0.1) is 5.10 Å². The summed E-state index contributed by atoms with van der Waals surface area (Å²) in [7, 11) is 1.26. The number of aromatic nitrogens is 4. The first-order chi connectivity index (χ1) is 25.8. The van der Waals surface area contributed by atoms with E-state index in [0.717, 1.165) is 0 Å². The SMILES string of the molecule is COC(=O)C1=C(COCc2cn(CCOCCOCCC(=O)NCCC3(CCN=[N+]=[N-])NN3)nn2)NC(c2ccncc2)=NC1c1ccc(F)cc1Cl. The molecule has 4 N–H and O–H groups in total. The summed E-state index contributed by atoms with van der Waals surface area (Å²) in [4.78, 5) is 36.7. The minimum Gasteiger partial charge on any atom is -0.466 e. The Hall–Kier alpha value is -5.01. The maximum absolute atomic E-state index is 13.9. The average molecular weight is 755 g/mol. The minimum atomic E-state index is -0.904. The summed E-state index contributed by atoms with van der Waals surface area (Å²) in [6.07, 6.45) is 6.50. The van der Waals surface area contributed by atoms with Gasteiger partial charge >= 0.3 is 5.97 Å². The van der Waals surface area contributed by atoms with E-state index in [2.05, 4.69) is 46.8 Å². The monoisotopic (exact) mass is 754 g/mol. The lowest BCUT2D eigenvalue weighted by Crippen LogP contribution is -2.35. The van der Waals surface area contributed by atoms with Crippen LogP contribution >= 0.6 is 11.6 Å². The van der Waals surface area contributed by atoms with Crippen molar-refractivity contribution in [3.05, 3.63) is 98.3 Å². The fourth-order valence-corrected chi connectivity index (χ4v) is 5.60. The fourth-order valence-electron chi connectivity index (χ4n) is 5.33. The highest BCUT2D eigenvalue weighted by atomic mass is 35.5. The normalized spacial score (nSPS) is 16.0. The predicted octanol–water partition coefficient (Wildman–Crippen LogP) is 2.63. The molecule has 1 fully saturated rings. The van der Waals surface area contributed by atoms with Crippen LogP contribution in [0.4, 0.5) is 4.39 Å². The Bertz CT molecular complexity index is 1820. The third-order valence-electron chi connectivity index (χ3n) is 8.19. The molecule has 5 rings (SSSR count). The van der Waals surface area contributed by atoms with Gasteiger partial charge in [-0.2, -0.15) is 0 Å². The maximum Gasteiger partial charge on any atom is 0.338 e. The zero-order valence-corrected chi connectivity index (χ0v) is 29.7. The minimum absolute atomic E-state index is 0.0444. The van der Waals surface area contributed by atoms with Crippen LogP contribution in [0.1, 0.15) is 42.1 Å². The number of hydrogen-bond acceptors (Lipinski definition) is 14. The van der Waals surface area contributed by atoms with Gasteiger partial charge in [0, 0.05) is 53.0 Å². The molecule has 4 heterocycles. The summed E-state index contributed by atoms with van der Waals surface area (Å²) in [6, 6.07) is 6.52. The van der Waals surface area contributed by atoms with E-state index >= 15 is 0 Å². The molecule has 1 amide bonds. The van der Waals surface area contributed by atoms with Crippen molar-refractivity contribution in [3.63, 3.8) is 0 Å². The second-order valence-corrected chi connectivity index (χ2v) is 12.3. The molecule has 0 saturated carbocycles. The second kappa shape index (κ2) is 19.7. The zero-order chi connectivity index (χ0) is 37.5. The number of rotatable bonds is 22. The average Bonchev–Trinajstić information content (AvgIpc) is 3.78. The van der Waals surface area contributed by atoms with Gasteiger partial charge in [-0.3, -0.25) is 14.8 Å². The Morgan fingerprint density at radius 3 is 2.62 bits per heavy atom. The van der Waals surface area contributed by atoms with E-state index in [-0.39, 0.29) is 48.4 Å². The Balaban J connectivity index is 1.03. The van der Waals surface area contributed by atoms with Gasteiger partial charge in [0.2, 0.25) is 5.91 Å². The standard InChI is InChI=1S/C33H40ClFN12O6/c1-50-32(49)29-27(40-31(22-4-9-37-10-5-22)41-30(29)25-3-2-23(35)18-26(25)34)21-53-20-24-19-47(46-42-24)13-15-52-17-16-51-14-6-28(48)38-11-7-33(43-44-33)8-12-39-45-36/h2-5,9-10,18-19,30,43-44H,6-8,11-17,20-21H2,1H3,(H,38,48)(H,40,41). The van der Waals surface area contributed by atoms with Crippen molar-refractivity contribution in [2.24, 2.45) is 10.1 Å². The third kappa shape index (κ3) is 11.7. The van der Waals surface area contributed by atoms with Crippen molar-refractivity contribution < 1.29 is 32.9 Å². The van der Waals surface area contributed by atoms with E-state index in [1.807, 2.05) is 0 Å². The number of esters is 1. The number of ether oxygens (including phenoxy) is 4. The number of hydrazine groups is 1. The smallest absolute Gasteiger partial charge is 0.338 e. The van der Waals surface area contributed by atoms with Crippen molar-refractivity contribution >= 4 is 29.3 Å². The molecule has 1 atom stereocenters. The molecule has 1 unspecified atom stereocenters. The molecule has 282 valence electrons. The van der Waals surface area contributed by atoms with Crippen LogP contribution in [0.25, 0.3) is 10.4 Å². The van der Waals surface area contributed by atoms with Gasteiger partial charge in [-0.1, -0.05) is 28.0 Å². The molecule has 0 aliphatic carbocycles. The van der Waals surface area contributed by atoms with Crippen LogP contribution in [0.3, 0.4) is 0 Å². The molecular formula is C33H40ClFN12O6. The van der Waals surface area contributed by atoms with Crippen LogP contribution in [-0.2, 0) is 41.7 Å². The number of aliphatic imine (C=N–C) groups is 1. The van der Waals surface area contributed by atoms with E-state index < -0.39 is 17.8 Å². The van der Waals surface area contributed by atoms with Gasteiger partial charge in [-0.05, 0) is 42.6 Å². The lowest BCUT2D eigenvalue weighted by molar-refractivity contribution is -0.136. The molecule has 18 nitrogen and oxygen atoms in total. The topological polar surface area (TPSA) is 244 Å². The largest absolute Gasteiger partial charge is 0.466 e. The molecule has 2 aliphatic rings. The number of halogens is 2. The maximum atomic E-state index is 13.9. The zero-order valence-electron chi connectivity index (χ0n) is 29.0. The number of pyridine rings is 1. The first kappa shape index (κ1) is 39.2. The lowest BCUT2D eigenvalue weighted by Gasteiger charge is -2.28. The van der Waals surface area contributed by atoms with Crippen LogP contribution in [0.2, 0.25) is 5.02 Å². The van der Waals surface area contributed by atoms with Gasteiger partial charge in [0.25, 0.3) is 0 Å². The molecule has 1 saturated heterocycles. The van der Waals surface area contributed by atoms with Crippen LogP contribution in [-0.4, -0.2) is 96.6 Å². The molecular weight excluding hydrogens is 715 g/mol. The summed E-state index contributed by atoms with van der Waals surface area (Å²) < 4.78 is 37.7. The Kier molecular flexibility index (Phi) is 14.6. The summed E-state index contributed by atoms with van der Waals surface area (Å²) in [5, 5.41) is 18.0. The molecule has 0 spiro atoms. The van der Waals surface area contributed by atoms with Gasteiger partial charge < -0.3 is 29.6 Å². The summed E-state index contributed by atoms with van der Waals surface area (Å²) in [6.45, 7) is 2.64. The highest BCUT2D eigenvalue weighted by Crippen LogP contribution is 2.36. The van der Waals surface area contributed by atoms with Crippen LogP contribution in [0.5, 0.6) is 0 Å². The first-order valence-corrected chi connectivity index (χ1v) is 17.1. The predicted molar refractivity (Wildman–Crippen MR) is 188 cm³/mol. The van der Waals surface area contributed by atoms with Crippen molar-refractivity contribution in [3.8, 4) is 0 Å². The number of hydrogen-bond donors (Lipinski definition) is 4. The number of benzene rings is 1. The van der Waals surface area contributed by atoms with Crippen molar-refractivity contribution in [2.75, 3.05) is 53.2 Å². The number of methoxy groups -OCH3 is 1. The number of azide groups is 1. The molecule has 2 aliphatic heterocycles. The Morgan fingerprint density at radius 1 is 1.09 bits per heavy atom. The van der Waals surface area contributed by atoms with Gasteiger partial charge in [0.15, 0.2) is 0 Å². The third-order valence-corrected chi connectivity index (χ3v) is 8.52. The van der Waals surface area contributed by atoms with Crippen molar-refractivity contribution in [2.45, 2.75) is 44.1 Å². The molecule has 53 heavy (non-hydrogen) atoms.